The molecule has 0 aromatic carbocycles. The molecule has 2 N–H and O–H groups in total. The maximum absolute atomic E-state index is 12.0. The molecule has 0 bridgehead atoms. The minimum absolute atomic E-state index is 0.0629. The van der Waals surface area contributed by atoms with Crippen molar-refractivity contribution >= 4 is 27.2 Å². The summed E-state index contributed by atoms with van der Waals surface area (Å²) in [4.78, 5) is 0.0629. The Morgan fingerprint density at radius 3 is 2.17 bits per heavy atom. The van der Waals surface area contributed by atoms with Gasteiger partial charge in [0.05, 0.1) is 4.99 Å². The third-order valence-corrected chi connectivity index (χ3v) is 6.57. The van der Waals surface area contributed by atoms with Crippen LogP contribution >= 0.6 is 12.2 Å². The Labute approximate surface area is 115 Å². The number of hydrogen-bond donors (Lipinski definition) is 1. The van der Waals surface area contributed by atoms with Gasteiger partial charge in [-0.05, 0) is 31.1 Å². The number of rotatable bonds is 3. The summed E-state index contributed by atoms with van der Waals surface area (Å²) in [6.07, 6.45) is 8.50. The minimum Gasteiger partial charge on any atom is -0.392 e. The van der Waals surface area contributed by atoms with Crippen molar-refractivity contribution in [2.75, 3.05) is 18.8 Å². The molecule has 0 amide bonds. The standard InChI is InChI=1S/C12H22N2O2S2/c13-11(17)10-18(15,16)14-8-6-12(7-9-14)4-2-1-3-5-12/h1-10H2,(H2,13,17). The molecule has 2 aliphatic rings. The van der Waals surface area contributed by atoms with Crippen LogP contribution in [-0.2, 0) is 10.0 Å². The molecule has 1 heterocycles. The first-order valence-electron chi connectivity index (χ1n) is 6.70. The number of nitrogens with zero attached hydrogens (tertiary/aromatic N) is 1. The average Bonchev–Trinajstić information content (AvgIpc) is 2.29. The molecule has 0 radical (unpaired) electrons. The molecule has 1 aliphatic heterocycles. The zero-order valence-corrected chi connectivity index (χ0v) is 12.4. The fourth-order valence-electron chi connectivity index (χ4n) is 3.31. The fourth-order valence-corrected chi connectivity index (χ4v) is 5.04. The van der Waals surface area contributed by atoms with Gasteiger partial charge in [0.1, 0.15) is 5.75 Å². The Morgan fingerprint density at radius 2 is 1.67 bits per heavy atom. The summed E-state index contributed by atoms with van der Waals surface area (Å²) < 4.78 is 25.6. The molecule has 0 unspecified atom stereocenters. The van der Waals surface area contributed by atoms with Crippen LogP contribution in [0.4, 0.5) is 0 Å². The monoisotopic (exact) mass is 290 g/mol. The van der Waals surface area contributed by atoms with E-state index in [0.717, 1.165) is 12.8 Å². The van der Waals surface area contributed by atoms with Crippen LogP contribution in [0.25, 0.3) is 0 Å². The van der Waals surface area contributed by atoms with Gasteiger partial charge >= 0.3 is 0 Å². The van der Waals surface area contributed by atoms with Crippen molar-refractivity contribution in [1.29, 1.82) is 0 Å². The van der Waals surface area contributed by atoms with E-state index in [1.165, 1.54) is 32.1 Å². The molecule has 0 aromatic rings. The lowest BCUT2D eigenvalue weighted by Gasteiger charge is -2.43. The first-order valence-corrected chi connectivity index (χ1v) is 8.72. The summed E-state index contributed by atoms with van der Waals surface area (Å²) in [6.45, 7) is 1.29. The van der Waals surface area contributed by atoms with Crippen LogP contribution in [0, 0.1) is 5.41 Å². The van der Waals surface area contributed by atoms with E-state index in [1.54, 1.807) is 4.31 Å². The summed E-state index contributed by atoms with van der Waals surface area (Å²) in [7, 11) is -3.27. The third kappa shape index (κ3) is 3.22. The van der Waals surface area contributed by atoms with Crippen molar-refractivity contribution in [2.24, 2.45) is 11.1 Å². The summed E-state index contributed by atoms with van der Waals surface area (Å²) in [5, 5.41) is 0. The summed E-state index contributed by atoms with van der Waals surface area (Å²) in [5.74, 6) is -0.185. The van der Waals surface area contributed by atoms with Crippen molar-refractivity contribution in [3.63, 3.8) is 0 Å². The van der Waals surface area contributed by atoms with Crippen molar-refractivity contribution in [2.45, 2.75) is 44.9 Å². The fraction of sp³-hybridized carbons (Fsp3) is 0.917. The number of thiocarbonyl (C=S) groups is 1. The highest BCUT2D eigenvalue weighted by molar-refractivity contribution is 7.92. The molecule has 2 rings (SSSR count). The Bertz CT molecular complexity index is 404. The lowest BCUT2D eigenvalue weighted by Crippen LogP contribution is -2.45. The zero-order valence-electron chi connectivity index (χ0n) is 10.7. The van der Waals surface area contributed by atoms with Crippen molar-refractivity contribution < 1.29 is 8.42 Å². The molecule has 4 nitrogen and oxygen atoms in total. The van der Waals surface area contributed by atoms with Gasteiger partial charge in [-0.15, -0.1) is 0 Å². The summed E-state index contributed by atoms with van der Waals surface area (Å²) in [6, 6.07) is 0. The Balaban J connectivity index is 1.95. The van der Waals surface area contributed by atoms with Crippen LogP contribution in [0.3, 0.4) is 0 Å². The third-order valence-electron chi connectivity index (χ3n) is 4.42. The quantitative estimate of drug-likeness (QED) is 0.803. The second-order valence-electron chi connectivity index (χ2n) is 5.68. The van der Waals surface area contributed by atoms with Crippen LogP contribution in [0.2, 0.25) is 0 Å². The smallest absolute Gasteiger partial charge is 0.220 e. The van der Waals surface area contributed by atoms with Gasteiger partial charge in [0.15, 0.2) is 0 Å². The number of nitrogens with two attached hydrogens (primary N) is 1. The van der Waals surface area contributed by atoms with Crippen molar-refractivity contribution in [3.8, 4) is 0 Å². The maximum atomic E-state index is 12.0. The van der Waals surface area contributed by atoms with Gasteiger partial charge < -0.3 is 5.73 Å². The van der Waals surface area contributed by atoms with Gasteiger partial charge in [-0.2, -0.15) is 0 Å². The van der Waals surface area contributed by atoms with Crippen LogP contribution in [0.1, 0.15) is 44.9 Å². The summed E-state index contributed by atoms with van der Waals surface area (Å²) in [5.41, 5.74) is 5.77. The maximum Gasteiger partial charge on any atom is 0.220 e. The van der Waals surface area contributed by atoms with Gasteiger partial charge in [-0.25, -0.2) is 12.7 Å². The van der Waals surface area contributed by atoms with Crippen LogP contribution in [-0.4, -0.2) is 36.6 Å². The van der Waals surface area contributed by atoms with E-state index in [-0.39, 0.29) is 10.7 Å². The first kappa shape index (κ1) is 14.2. The Morgan fingerprint density at radius 1 is 1.11 bits per heavy atom. The van der Waals surface area contributed by atoms with Gasteiger partial charge in [0, 0.05) is 13.1 Å². The van der Waals surface area contributed by atoms with E-state index in [9.17, 15) is 8.42 Å². The predicted octanol–water partition coefficient (Wildman–Crippen LogP) is 1.65. The molecule has 0 aromatic heterocycles. The Hall–Kier alpha value is -0.200. The Kier molecular flexibility index (Phi) is 4.29. The van der Waals surface area contributed by atoms with Crippen molar-refractivity contribution in [1.82, 2.24) is 4.31 Å². The van der Waals surface area contributed by atoms with E-state index in [0.29, 0.717) is 18.5 Å². The largest absolute Gasteiger partial charge is 0.392 e. The number of sulfonamides is 1. The highest BCUT2D eigenvalue weighted by Crippen LogP contribution is 2.44. The first-order chi connectivity index (χ1) is 8.44. The molecule has 1 saturated heterocycles. The minimum atomic E-state index is -3.27. The highest BCUT2D eigenvalue weighted by Gasteiger charge is 2.38. The molecule has 1 saturated carbocycles. The predicted molar refractivity (Wildman–Crippen MR) is 76.9 cm³/mol. The van der Waals surface area contributed by atoms with E-state index < -0.39 is 10.0 Å². The highest BCUT2D eigenvalue weighted by atomic mass is 32.2. The van der Waals surface area contributed by atoms with E-state index >= 15 is 0 Å². The lowest BCUT2D eigenvalue weighted by atomic mass is 9.68. The molecule has 1 spiro atoms. The SMILES string of the molecule is NC(=S)CS(=O)(=O)N1CCC2(CCCCC2)CC1. The van der Waals surface area contributed by atoms with E-state index in [1.807, 2.05) is 0 Å². The van der Waals surface area contributed by atoms with Gasteiger partial charge in [-0.3, -0.25) is 0 Å². The lowest BCUT2D eigenvalue weighted by molar-refractivity contribution is 0.103. The molecular weight excluding hydrogens is 268 g/mol. The zero-order chi connectivity index (χ0) is 13.2. The molecule has 18 heavy (non-hydrogen) atoms. The number of piperidine rings is 1. The second kappa shape index (κ2) is 5.43. The molecule has 0 atom stereocenters. The molecule has 104 valence electrons. The second-order valence-corrected chi connectivity index (χ2v) is 8.18. The van der Waals surface area contributed by atoms with E-state index in [4.69, 9.17) is 18.0 Å². The molecular formula is C12H22N2O2S2. The molecule has 6 heteroatoms. The molecule has 1 aliphatic carbocycles. The van der Waals surface area contributed by atoms with Crippen LogP contribution in [0.5, 0.6) is 0 Å². The number of hydrogen-bond acceptors (Lipinski definition) is 3. The average molecular weight is 290 g/mol. The van der Waals surface area contributed by atoms with Gasteiger partial charge in [0.2, 0.25) is 10.0 Å². The normalized spacial score (nSPS) is 25.1. The summed E-state index contributed by atoms with van der Waals surface area (Å²) >= 11 is 4.70. The van der Waals surface area contributed by atoms with Crippen LogP contribution < -0.4 is 5.73 Å². The molecule has 2 fully saturated rings. The topological polar surface area (TPSA) is 63.4 Å². The van der Waals surface area contributed by atoms with Crippen molar-refractivity contribution in [3.05, 3.63) is 0 Å². The van der Waals surface area contributed by atoms with Gasteiger partial charge in [-0.1, -0.05) is 31.5 Å². The van der Waals surface area contributed by atoms with E-state index in [2.05, 4.69) is 0 Å². The van der Waals surface area contributed by atoms with Crippen LogP contribution in [0.15, 0.2) is 0 Å². The van der Waals surface area contributed by atoms with Gasteiger partial charge in [0.25, 0.3) is 0 Å².